The van der Waals surface area contributed by atoms with Gasteiger partial charge < -0.3 is 14.5 Å². The van der Waals surface area contributed by atoms with Gasteiger partial charge in [0.05, 0.1) is 13.2 Å². The van der Waals surface area contributed by atoms with Gasteiger partial charge >= 0.3 is 0 Å². The highest BCUT2D eigenvalue weighted by Gasteiger charge is 2.17. The van der Waals surface area contributed by atoms with Crippen LogP contribution < -0.4 is 9.80 Å². The first-order valence-electron chi connectivity index (χ1n) is 8.78. The summed E-state index contributed by atoms with van der Waals surface area (Å²) in [6.07, 6.45) is 2.58. The van der Waals surface area contributed by atoms with Crippen molar-refractivity contribution in [2.45, 2.75) is 12.8 Å². The number of ether oxygens (including phenoxy) is 1. The lowest BCUT2D eigenvalue weighted by molar-refractivity contribution is 0.122. The maximum atomic E-state index is 6.06. The molecule has 0 saturated carbocycles. The maximum Gasteiger partial charge on any atom is 0.0642 e. The van der Waals surface area contributed by atoms with Crippen molar-refractivity contribution in [3.8, 4) is 11.1 Å². The molecule has 2 heterocycles. The molecule has 24 heavy (non-hydrogen) atoms. The number of halogens is 1. The van der Waals surface area contributed by atoms with Gasteiger partial charge in [0, 0.05) is 42.6 Å². The average Bonchev–Trinajstić information content (AvgIpc) is 3.17. The van der Waals surface area contributed by atoms with E-state index in [-0.39, 0.29) is 0 Å². The van der Waals surface area contributed by atoms with Crippen molar-refractivity contribution >= 4 is 23.0 Å². The Morgan fingerprint density at radius 2 is 1.29 bits per heavy atom. The molecule has 2 saturated heterocycles. The SMILES string of the molecule is Clc1ccc(-c2cc(N3CCCC3)cc(N3CCOCC3)c2)cc1. The van der Waals surface area contributed by atoms with E-state index in [0.29, 0.717) is 0 Å². The molecule has 0 atom stereocenters. The Hall–Kier alpha value is -1.71. The van der Waals surface area contributed by atoms with Gasteiger partial charge in [0.15, 0.2) is 0 Å². The van der Waals surface area contributed by atoms with Gasteiger partial charge in [-0.2, -0.15) is 0 Å². The minimum Gasteiger partial charge on any atom is -0.378 e. The number of hydrogen-bond donors (Lipinski definition) is 0. The summed E-state index contributed by atoms with van der Waals surface area (Å²) < 4.78 is 5.51. The first-order chi connectivity index (χ1) is 11.8. The smallest absolute Gasteiger partial charge is 0.0642 e. The summed E-state index contributed by atoms with van der Waals surface area (Å²) in [5.74, 6) is 0. The lowest BCUT2D eigenvalue weighted by Gasteiger charge is -2.30. The van der Waals surface area contributed by atoms with Gasteiger partial charge in [-0.25, -0.2) is 0 Å². The van der Waals surface area contributed by atoms with Gasteiger partial charge in [-0.1, -0.05) is 23.7 Å². The zero-order chi connectivity index (χ0) is 16.4. The van der Waals surface area contributed by atoms with E-state index in [0.717, 1.165) is 44.4 Å². The lowest BCUT2D eigenvalue weighted by atomic mass is 10.0. The fourth-order valence-electron chi connectivity index (χ4n) is 3.57. The molecule has 2 aromatic carbocycles. The number of nitrogens with zero attached hydrogens (tertiary/aromatic N) is 2. The van der Waals surface area contributed by atoms with Crippen molar-refractivity contribution in [2.75, 3.05) is 49.2 Å². The second kappa shape index (κ2) is 7.04. The first kappa shape index (κ1) is 15.8. The highest BCUT2D eigenvalue weighted by atomic mass is 35.5. The van der Waals surface area contributed by atoms with Gasteiger partial charge in [0.2, 0.25) is 0 Å². The van der Waals surface area contributed by atoms with Crippen LogP contribution in [-0.4, -0.2) is 39.4 Å². The third kappa shape index (κ3) is 3.38. The second-order valence-corrected chi connectivity index (χ2v) is 6.97. The molecular formula is C20H23ClN2O. The van der Waals surface area contributed by atoms with Crippen LogP contribution in [0.25, 0.3) is 11.1 Å². The Bertz CT molecular complexity index is 689. The predicted molar refractivity (Wildman–Crippen MR) is 101 cm³/mol. The van der Waals surface area contributed by atoms with Gasteiger partial charge in [-0.3, -0.25) is 0 Å². The molecule has 2 aliphatic heterocycles. The zero-order valence-corrected chi connectivity index (χ0v) is 14.6. The van der Waals surface area contributed by atoms with E-state index in [1.54, 1.807) is 0 Å². The van der Waals surface area contributed by atoms with E-state index in [1.807, 2.05) is 12.1 Å². The van der Waals surface area contributed by atoms with Crippen LogP contribution in [0.15, 0.2) is 42.5 Å². The molecule has 0 radical (unpaired) electrons. The van der Waals surface area contributed by atoms with Crippen LogP contribution in [0.1, 0.15) is 12.8 Å². The van der Waals surface area contributed by atoms with Gasteiger partial charge in [-0.05, 0) is 54.3 Å². The van der Waals surface area contributed by atoms with Crippen LogP contribution in [0.3, 0.4) is 0 Å². The minimum atomic E-state index is 0.780. The molecule has 2 fully saturated rings. The molecular weight excluding hydrogens is 320 g/mol. The summed E-state index contributed by atoms with van der Waals surface area (Å²) in [5, 5.41) is 0.780. The van der Waals surface area contributed by atoms with Crippen molar-refractivity contribution < 1.29 is 4.74 Å². The third-order valence-electron chi connectivity index (χ3n) is 4.93. The Balaban J connectivity index is 1.73. The van der Waals surface area contributed by atoms with Crippen LogP contribution >= 0.6 is 11.6 Å². The quantitative estimate of drug-likeness (QED) is 0.820. The highest BCUT2D eigenvalue weighted by Crippen LogP contribution is 2.33. The van der Waals surface area contributed by atoms with E-state index < -0.39 is 0 Å². The van der Waals surface area contributed by atoms with Gasteiger partial charge in [0.25, 0.3) is 0 Å². The molecule has 4 heteroatoms. The minimum absolute atomic E-state index is 0.780. The molecule has 0 amide bonds. The molecule has 2 aliphatic rings. The fraction of sp³-hybridized carbons (Fsp3) is 0.400. The molecule has 0 aliphatic carbocycles. The lowest BCUT2D eigenvalue weighted by Crippen LogP contribution is -2.36. The largest absolute Gasteiger partial charge is 0.378 e. The monoisotopic (exact) mass is 342 g/mol. The molecule has 0 N–H and O–H groups in total. The molecule has 0 bridgehead atoms. The standard InChI is InChI=1S/C20H23ClN2O/c21-18-5-3-16(4-6-18)17-13-19(22-7-1-2-8-22)15-20(14-17)23-9-11-24-12-10-23/h3-6,13-15H,1-2,7-12H2. The topological polar surface area (TPSA) is 15.7 Å². The summed E-state index contributed by atoms with van der Waals surface area (Å²) in [4.78, 5) is 4.94. The Labute approximate surface area is 148 Å². The molecule has 3 nitrogen and oxygen atoms in total. The number of anilines is 2. The van der Waals surface area contributed by atoms with Crippen LogP contribution in [0.4, 0.5) is 11.4 Å². The Kier molecular flexibility index (Phi) is 4.63. The third-order valence-corrected chi connectivity index (χ3v) is 5.18. The fourth-order valence-corrected chi connectivity index (χ4v) is 3.69. The predicted octanol–water partition coefficient (Wildman–Crippen LogP) is 4.44. The molecule has 4 rings (SSSR count). The highest BCUT2D eigenvalue weighted by molar-refractivity contribution is 6.30. The van der Waals surface area contributed by atoms with Crippen molar-refractivity contribution in [1.82, 2.24) is 0 Å². The van der Waals surface area contributed by atoms with Crippen molar-refractivity contribution in [3.05, 3.63) is 47.5 Å². The van der Waals surface area contributed by atoms with Crippen LogP contribution in [-0.2, 0) is 4.74 Å². The summed E-state index contributed by atoms with van der Waals surface area (Å²) in [5.41, 5.74) is 5.11. The van der Waals surface area contributed by atoms with Crippen LogP contribution in [0.2, 0.25) is 5.02 Å². The van der Waals surface area contributed by atoms with Crippen molar-refractivity contribution in [2.24, 2.45) is 0 Å². The van der Waals surface area contributed by atoms with E-state index in [2.05, 4.69) is 40.1 Å². The number of hydrogen-bond acceptors (Lipinski definition) is 3. The van der Waals surface area contributed by atoms with E-state index >= 15 is 0 Å². The summed E-state index contributed by atoms with van der Waals surface area (Å²) in [6.45, 7) is 5.86. The first-order valence-corrected chi connectivity index (χ1v) is 9.16. The molecule has 0 unspecified atom stereocenters. The maximum absolute atomic E-state index is 6.06. The molecule has 126 valence electrons. The normalized spacial score (nSPS) is 18.2. The van der Waals surface area contributed by atoms with Crippen LogP contribution in [0, 0.1) is 0 Å². The second-order valence-electron chi connectivity index (χ2n) is 6.54. The zero-order valence-electron chi connectivity index (χ0n) is 13.9. The number of rotatable bonds is 3. The Morgan fingerprint density at radius 3 is 1.92 bits per heavy atom. The average molecular weight is 343 g/mol. The van der Waals surface area contributed by atoms with Gasteiger partial charge in [0.1, 0.15) is 0 Å². The van der Waals surface area contributed by atoms with Crippen molar-refractivity contribution in [3.63, 3.8) is 0 Å². The van der Waals surface area contributed by atoms with Crippen LogP contribution in [0.5, 0.6) is 0 Å². The molecule has 0 aromatic heterocycles. The molecule has 2 aromatic rings. The number of morpholine rings is 1. The Morgan fingerprint density at radius 1 is 0.708 bits per heavy atom. The van der Waals surface area contributed by atoms with E-state index in [1.165, 1.54) is 35.3 Å². The summed E-state index contributed by atoms with van der Waals surface area (Å²) in [6, 6.07) is 15.1. The van der Waals surface area contributed by atoms with E-state index in [9.17, 15) is 0 Å². The molecule has 0 spiro atoms. The summed E-state index contributed by atoms with van der Waals surface area (Å²) >= 11 is 6.06. The number of benzene rings is 2. The van der Waals surface area contributed by atoms with Gasteiger partial charge in [-0.15, -0.1) is 0 Å². The van der Waals surface area contributed by atoms with Crippen molar-refractivity contribution in [1.29, 1.82) is 0 Å². The summed E-state index contributed by atoms with van der Waals surface area (Å²) in [7, 11) is 0. The van der Waals surface area contributed by atoms with E-state index in [4.69, 9.17) is 16.3 Å².